The van der Waals surface area contributed by atoms with Gasteiger partial charge in [0, 0.05) is 23.7 Å². The third-order valence-corrected chi connectivity index (χ3v) is 4.91. The first-order valence-electron chi connectivity index (χ1n) is 8.88. The van der Waals surface area contributed by atoms with Crippen molar-refractivity contribution in [3.05, 3.63) is 102 Å². The van der Waals surface area contributed by atoms with Crippen LogP contribution in [0.1, 0.15) is 27.4 Å². The van der Waals surface area contributed by atoms with Gasteiger partial charge in [-0.25, -0.2) is 8.42 Å². The molecular weight excluding hydrogens is 372 g/mol. The first-order valence-corrected chi connectivity index (χ1v) is 10.8. The van der Waals surface area contributed by atoms with Crippen LogP contribution in [0.25, 0.3) is 0 Å². The Hall–Kier alpha value is -3.12. The van der Waals surface area contributed by atoms with E-state index in [9.17, 15) is 13.2 Å². The molecule has 3 aromatic rings. The molecule has 0 radical (unpaired) electrons. The van der Waals surface area contributed by atoms with Crippen molar-refractivity contribution in [3.8, 4) is 0 Å². The van der Waals surface area contributed by atoms with E-state index in [1.165, 1.54) is 6.07 Å². The fourth-order valence-corrected chi connectivity index (χ4v) is 3.59. The Bertz CT molecular complexity index is 996. The molecule has 2 N–H and O–H groups in total. The maximum atomic E-state index is 12.6. The number of amides is 1. The Labute approximate surface area is 165 Å². The summed E-state index contributed by atoms with van der Waals surface area (Å²) in [5.74, 6) is -0.238. The molecule has 1 amide bonds. The van der Waals surface area contributed by atoms with Crippen molar-refractivity contribution in [1.29, 1.82) is 0 Å². The smallest absolute Gasteiger partial charge is 0.251 e. The van der Waals surface area contributed by atoms with E-state index in [0.29, 0.717) is 17.8 Å². The molecule has 3 rings (SSSR count). The Morgan fingerprint density at radius 1 is 0.857 bits per heavy atom. The summed E-state index contributed by atoms with van der Waals surface area (Å²) in [5, 5.41) is 2.97. The number of hydrogen-bond acceptors (Lipinski definition) is 3. The van der Waals surface area contributed by atoms with E-state index in [4.69, 9.17) is 0 Å². The fraction of sp³-hybridized carbons (Fsp3) is 0.136. The molecule has 3 aromatic carbocycles. The van der Waals surface area contributed by atoms with E-state index < -0.39 is 10.0 Å². The normalized spacial score (nSPS) is 11.2. The van der Waals surface area contributed by atoms with E-state index in [-0.39, 0.29) is 11.8 Å². The van der Waals surface area contributed by atoms with Crippen LogP contribution in [0.5, 0.6) is 0 Å². The quantitative estimate of drug-likeness (QED) is 0.643. The van der Waals surface area contributed by atoms with Gasteiger partial charge in [0.1, 0.15) is 0 Å². The molecule has 0 fully saturated rings. The summed E-state index contributed by atoms with van der Waals surface area (Å²) >= 11 is 0. The van der Waals surface area contributed by atoms with Crippen molar-refractivity contribution < 1.29 is 13.2 Å². The Kier molecular flexibility index (Phi) is 6.11. The van der Waals surface area contributed by atoms with Crippen LogP contribution in [0, 0.1) is 0 Å². The highest BCUT2D eigenvalue weighted by molar-refractivity contribution is 7.92. The average Bonchev–Trinajstić information content (AvgIpc) is 2.68. The van der Waals surface area contributed by atoms with Crippen LogP contribution >= 0.6 is 0 Å². The van der Waals surface area contributed by atoms with E-state index in [1.807, 2.05) is 60.7 Å². The first kappa shape index (κ1) is 19.6. The molecular formula is C22H22N2O3S. The zero-order valence-corrected chi connectivity index (χ0v) is 16.3. The SMILES string of the molecule is CS(=O)(=O)Nc1cccc(C(=O)NCC(c2ccccc2)c2ccccc2)c1. The Morgan fingerprint density at radius 2 is 1.43 bits per heavy atom. The molecule has 0 saturated carbocycles. The lowest BCUT2D eigenvalue weighted by Crippen LogP contribution is -2.29. The summed E-state index contributed by atoms with van der Waals surface area (Å²) in [7, 11) is -3.40. The zero-order valence-electron chi connectivity index (χ0n) is 15.5. The molecule has 0 aliphatic rings. The molecule has 6 heteroatoms. The van der Waals surface area contributed by atoms with Crippen LogP contribution < -0.4 is 10.0 Å². The maximum absolute atomic E-state index is 12.6. The molecule has 0 bridgehead atoms. The predicted octanol–water partition coefficient (Wildman–Crippen LogP) is 3.62. The van der Waals surface area contributed by atoms with Crippen LogP contribution in [0.3, 0.4) is 0 Å². The molecule has 0 saturated heterocycles. The molecule has 0 atom stereocenters. The van der Waals surface area contributed by atoms with Gasteiger partial charge in [-0.3, -0.25) is 9.52 Å². The van der Waals surface area contributed by atoms with Crippen molar-refractivity contribution >= 4 is 21.6 Å². The van der Waals surface area contributed by atoms with Gasteiger partial charge >= 0.3 is 0 Å². The summed E-state index contributed by atoms with van der Waals surface area (Å²) in [6.07, 6.45) is 1.07. The molecule has 0 unspecified atom stereocenters. The third kappa shape index (κ3) is 5.44. The first-order chi connectivity index (χ1) is 13.4. The van der Waals surface area contributed by atoms with Gasteiger partial charge in [-0.2, -0.15) is 0 Å². The van der Waals surface area contributed by atoms with Crippen LogP contribution in [-0.2, 0) is 10.0 Å². The minimum atomic E-state index is -3.40. The number of carbonyl (C=O) groups is 1. The third-order valence-electron chi connectivity index (χ3n) is 4.30. The second-order valence-corrected chi connectivity index (χ2v) is 8.29. The zero-order chi connectivity index (χ0) is 20.0. The van der Waals surface area contributed by atoms with Crippen LogP contribution in [0.4, 0.5) is 5.69 Å². The highest BCUT2D eigenvalue weighted by Gasteiger charge is 2.16. The number of nitrogens with one attached hydrogen (secondary N) is 2. The van der Waals surface area contributed by atoms with Crippen molar-refractivity contribution in [2.75, 3.05) is 17.5 Å². The molecule has 28 heavy (non-hydrogen) atoms. The van der Waals surface area contributed by atoms with Gasteiger partial charge in [0.25, 0.3) is 5.91 Å². The largest absolute Gasteiger partial charge is 0.351 e. The predicted molar refractivity (Wildman–Crippen MR) is 112 cm³/mol. The van der Waals surface area contributed by atoms with E-state index >= 15 is 0 Å². The van der Waals surface area contributed by atoms with Gasteiger partial charge in [-0.15, -0.1) is 0 Å². The minimum Gasteiger partial charge on any atom is -0.351 e. The standard InChI is InChI=1S/C22H22N2O3S/c1-28(26,27)24-20-14-8-13-19(15-20)22(25)23-16-21(17-9-4-2-5-10-17)18-11-6-3-7-12-18/h2-15,21,24H,16H2,1H3,(H,23,25). The highest BCUT2D eigenvalue weighted by Crippen LogP contribution is 2.24. The van der Waals surface area contributed by atoms with Crippen LogP contribution in [0.15, 0.2) is 84.9 Å². The minimum absolute atomic E-state index is 0.0173. The number of sulfonamides is 1. The van der Waals surface area contributed by atoms with Crippen molar-refractivity contribution in [1.82, 2.24) is 5.32 Å². The Morgan fingerprint density at radius 3 is 1.96 bits per heavy atom. The average molecular weight is 394 g/mol. The van der Waals surface area contributed by atoms with Crippen molar-refractivity contribution in [3.63, 3.8) is 0 Å². The van der Waals surface area contributed by atoms with E-state index in [0.717, 1.165) is 17.4 Å². The van der Waals surface area contributed by atoms with E-state index in [1.54, 1.807) is 18.2 Å². The summed E-state index contributed by atoms with van der Waals surface area (Å²) in [5.41, 5.74) is 2.98. The van der Waals surface area contributed by atoms with Crippen LogP contribution in [0.2, 0.25) is 0 Å². The summed E-state index contributed by atoms with van der Waals surface area (Å²) in [4.78, 5) is 12.6. The maximum Gasteiger partial charge on any atom is 0.251 e. The molecule has 0 spiro atoms. The summed E-state index contributed by atoms with van der Waals surface area (Å²) in [6.45, 7) is 0.427. The molecule has 144 valence electrons. The monoisotopic (exact) mass is 394 g/mol. The van der Waals surface area contributed by atoms with E-state index in [2.05, 4.69) is 10.0 Å². The van der Waals surface area contributed by atoms with Gasteiger partial charge < -0.3 is 5.32 Å². The number of benzene rings is 3. The van der Waals surface area contributed by atoms with Gasteiger partial charge in [-0.1, -0.05) is 66.7 Å². The second kappa shape index (κ2) is 8.71. The highest BCUT2D eigenvalue weighted by atomic mass is 32.2. The fourth-order valence-electron chi connectivity index (χ4n) is 3.03. The number of carbonyl (C=O) groups excluding carboxylic acids is 1. The lowest BCUT2D eigenvalue weighted by molar-refractivity contribution is 0.0952. The second-order valence-electron chi connectivity index (χ2n) is 6.54. The van der Waals surface area contributed by atoms with Gasteiger partial charge in [0.05, 0.1) is 6.26 Å². The number of anilines is 1. The lowest BCUT2D eigenvalue weighted by Gasteiger charge is -2.19. The molecule has 0 aliphatic carbocycles. The number of rotatable bonds is 7. The Balaban J connectivity index is 1.77. The molecule has 0 heterocycles. The molecule has 0 aromatic heterocycles. The van der Waals surface area contributed by atoms with Crippen molar-refractivity contribution in [2.24, 2.45) is 0 Å². The lowest BCUT2D eigenvalue weighted by atomic mass is 9.91. The summed E-state index contributed by atoms with van der Waals surface area (Å²) in [6, 6.07) is 26.4. The topological polar surface area (TPSA) is 75.3 Å². The number of hydrogen-bond donors (Lipinski definition) is 2. The van der Waals surface area contributed by atoms with Crippen molar-refractivity contribution in [2.45, 2.75) is 5.92 Å². The van der Waals surface area contributed by atoms with Gasteiger partial charge in [-0.05, 0) is 29.3 Å². The van der Waals surface area contributed by atoms with Crippen LogP contribution in [-0.4, -0.2) is 27.1 Å². The van der Waals surface area contributed by atoms with Gasteiger partial charge in [0.2, 0.25) is 10.0 Å². The summed E-state index contributed by atoms with van der Waals surface area (Å²) < 4.78 is 25.2. The molecule has 0 aliphatic heterocycles. The molecule has 5 nitrogen and oxygen atoms in total. The van der Waals surface area contributed by atoms with Gasteiger partial charge in [0.15, 0.2) is 0 Å².